The van der Waals surface area contributed by atoms with E-state index in [9.17, 15) is 22.0 Å². The van der Waals surface area contributed by atoms with Gasteiger partial charge in [0.2, 0.25) is 15.9 Å². The minimum Gasteiger partial charge on any atom is -0.470 e. The predicted octanol–water partition coefficient (Wildman–Crippen LogP) is 3.14. The Balaban J connectivity index is 1.41. The number of nitrogen functional groups attached to an aromatic ring is 1. The summed E-state index contributed by atoms with van der Waals surface area (Å²) in [5.41, 5.74) is 6.81. The first-order valence-electron chi connectivity index (χ1n) is 12.0. The monoisotopic (exact) mass is 580 g/mol. The van der Waals surface area contributed by atoms with Crippen molar-refractivity contribution in [1.82, 2.24) is 19.8 Å². The predicted molar refractivity (Wildman–Crippen MR) is 144 cm³/mol. The van der Waals surface area contributed by atoms with Gasteiger partial charge in [0.1, 0.15) is 18.2 Å². The summed E-state index contributed by atoms with van der Waals surface area (Å²) in [6.45, 7) is 3.79. The van der Waals surface area contributed by atoms with E-state index in [2.05, 4.69) is 14.7 Å². The van der Waals surface area contributed by atoms with E-state index in [1.165, 1.54) is 13.1 Å². The third-order valence-corrected chi connectivity index (χ3v) is 7.86. The highest BCUT2D eigenvalue weighted by atomic mass is 35.5. The van der Waals surface area contributed by atoms with Gasteiger partial charge >= 0.3 is 0 Å². The summed E-state index contributed by atoms with van der Waals surface area (Å²) in [7, 11) is -3.66. The van der Waals surface area contributed by atoms with Crippen LogP contribution in [0.1, 0.15) is 12.5 Å². The Morgan fingerprint density at radius 2 is 1.87 bits per heavy atom. The van der Waals surface area contributed by atoms with E-state index in [4.69, 9.17) is 22.1 Å². The van der Waals surface area contributed by atoms with Gasteiger partial charge in [-0.1, -0.05) is 23.7 Å². The molecule has 0 radical (unpaired) electrons. The van der Waals surface area contributed by atoms with Gasteiger partial charge in [0.25, 0.3) is 5.88 Å². The molecular weight excluding hydrogens is 554 g/mol. The number of sulfonamides is 1. The average Bonchev–Trinajstić information content (AvgIpc) is 2.91. The molecular formula is C25H27ClF2N6O4S. The van der Waals surface area contributed by atoms with Crippen molar-refractivity contribution in [2.24, 2.45) is 0 Å². The van der Waals surface area contributed by atoms with E-state index in [0.717, 1.165) is 12.1 Å². The second-order valence-corrected chi connectivity index (χ2v) is 11.1. The maximum Gasteiger partial charge on any atom is 0.258 e. The van der Waals surface area contributed by atoms with Gasteiger partial charge in [-0.3, -0.25) is 14.4 Å². The SMILES string of the molecule is CC(=O)N1CCN(CCS(=O)(=O)Nc2cccc(-c3cnc(N)c(OCc4c(F)ccc(F)c4Cl)n3)c2)CC1. The molecule has 1 amide bonds. The fourth-order valence-corrected chi connectivity index (χ4v) is 5.27. The number of hydrogen-bond donors (Lipinski definition) is 2. The van der Waals surface area contributed by atoms with Crippen molar-refractivity contribution in [3.05, 3.63) is 64.8 Å². The van der Waals surface area contributed by atoms with Crippen molar-refractivity contribution >= 4 is 39.0 Å². The molecule has 10 nitrogen and oxygen atoms in total. The molecule has 3 aromatic rings. The summed E-state index contributed by atoms with van der Waals surface area (Å²) >= 11 is 5.85. The topological polar surface area (TPSA) is 131 Å². The minimum atomic E-state index is -3.66. The maximum absolute atomic E-state index is 14.1. The smallest absolute Gasteiger partial charge is 0.258 e. The fraction of sp³-hybridized carbons (Fsp3) is 0.320. The number of aromatic nitrogens is 2. The number of carbonyl (C=O) groups excluding carboxylic acids is 1. The van der Waals surface area contributed by atoms with E-state index in [0.29, 0.717) is 49.7 Å². The molecule has 1 saturated heterocycles. The number of halogens is 3. The highest BCUT2D eigenvalue weighted by Gasteiger charge is 2.21. The minimum absolute atomic E-state index is 0.0122. The Labute approximate surface area is 229 Å². The molecule has 0 atom stereocenters. The van der Waals surface area contributed by atoms with Gasteiger partial charge in [-0.15, -0.1) is 0 Å². The van der Waals surface area contributed by atoms with Crippen molar-refractivity contribution < 1.29 is 26.7 Å². The van der Waals surface area contributed by atoms with Gasteiger partial charge in [0.05, 0.1) is 22.7 Å². The summed E-state index contributed by atoms with van der Waals surface area (Å²) < 4.78 is 61.3. The Morgan fingerprint density at radius 1 is 1.15 bits per heavy atom. The number of anilines is 2. The molecule has 2 heterocycles. The molecule has 0 aliphatic carbocycles. The van der Waals surface area contributed by atoms with Crippen LogP contribution in [0.3, 0.4) is 0 Å². The van der Waals surface area contributed by atoms with E-state index in [1.807, 2.05) is 4.90 Å². The van der Waals surface area contributed by atoms with E-state index in [-0.39, 0.29) is 28.9 Å². The Hall–Kier alpha value is -3.55. The largest absolute Gasteiger partial charge is 0.470 e. The Morgan fingerprint density at radius 3 is 2.59 bits per heavy atom. The summed E-state index contributed by atoms with van der Waals surface area (Å²) in [4.78, 5) is 23.6. The highest BCUT2D eigenvalue weighted by Crippen LogP contribution is 2.28. The molecule has 0 bridgehead atoms. The van der Waals surface area contributed by atoms with Crippen LogP contribution in [-0.2, 0) is 21.4 Å². The van der Waals surface area contributed by atoms with Crippen molar-refractivity contribution in [3.8, 4) is 17.1 Å². The number of hydrogen-bond acceptors (Lipinski definition) is 8. The maximum atomic E-state index is 14.1. The first-order chi connectivity index (χ1) is 18.5. The summed E-state index contributed by atoms with van der Waals surface area (Å²) in [6, 6.07) is 8.37. The molecule has 3 N–H and O–H groups in total. The zero-order valence-electron chi connectivity index (χ0n) is 21.0. The number of piperazine rings is 1. The number of carbonyl (C=O) groups is 1. The first kappa shape index (κ1) is 28.5. The molecule has 0 saturated carbocycles. The van der Waals surface area contributed by atoms with Gasteiger partial charge in [0, 0.05) is 56.5 Å². The van der Waals surface area contributed by atoms with Gasteiger partial charge in [-0.05, 0) is 24.3 Å². The highest BCUT2D eigenvalue weighted by molar-refractivity contribution is 7.92. The molecule has 0 spiro atoms. The average molecular weight is 581 g/mol. The lowest BCUT2D eigenvalue weighted by Crippen LogP contribution is -2.49. The van der Waals surface area contributed by atoms with Gasteiger partial charge in [0.15, 0.2) is 5.82 Å². The number of nitrogens with zero attached hydrogens (tertiary/aromatic N) is 4. The van der Waals surface area contributed by atoms with Crippen molar-refractivity contribution in [2.75, 3.05) is 48.9 Å². The molecule has 1 aliphatic heterocycles. The molecule has 0 unspecified atom stereocenters. The molecule has 2 aromatic carbocycles. The lowest BCUT2D eigenvalue weighted by molar-refractivity contribution is -0.130. The van der Waals surface area contributed by atoms with Crippen molar-refractivity contribution in [3.63, 3.8) is 0 Å². The normalized spacial score (nSPS) is 14.3. The lowest BCUT2D eigenvalue weighted by atomic mass is 10.1. The van der Waals surface area contributed by atoms with Gasteiger partial charge in [-0.25, -0.2) is 27.2 Å². The zero-order chi connectivity index (χ0) is 28.2. The number of nitrogens with two attached hydrogens (primary N) is 1. The van der Waals surface area contributed by atoms with Gasteiger partial charge < -0.3 is 15.4 Å². The quantitative estimate of drug-likeness (QED) is 0.369. The number of nitrogens with one attached hydrogen (secondary N) is 1. The summed E-state index contributed by atoms with van der Waals surface area (Å²) in [5, 5.41) is -0.406. The molecule has 39 heavy (non-hydrogen) atoms. The van der Waals surface area contributed by atoms with Crippen molar-refractivity contribution in [2.45, 2.75) is 13.5 Å². The van der Waals surface area contributed by atoms with Crippen LogP contribution in [0, 0.1) is 11.6 Å². The third kappa shape index (κ3) is 7.31. The molecule has 1 fully saturated rings. The molecule has 14 heteroatoms. The third-order valence-electron chi connectivity index (χ3n) is 6.18. The summed E-state index contributed by atoms with van der Waals surface area (Å²) in [5.74, 6) is -1.84. The van der Waals surface area contributed by atoms with Crippen LogP contribution in [0.25, 0.3) is 11.3 Å². The van der Waals surface area contributed by atoms with E-state index >= 15 is 0 Å². The summed E-state index contributed by atoms with van der Waals surface area (Å²) in [6.07, 6.45) is 1.38. The molecule has 1 aromatic heterocycles. The molecule has 1 aliphatic rings. The van der Waals surface area contributed by atoms with E-state index < -0.39 is 33.3 Å². The fourth-order valence-electron chi connectivity index (χ4n) is 3.98. The number of benzene rings is 2. The zero-order valence-corrected chi connectivity index (χ0v) is 22.6. The van der Waals surface area contributed by atoms with Crippen LogP contribution in [0.2, 0.25) is 5.02 Å². The van der Waals surface area contributed by atoms with Gasteiger partial charge in [-0.2, -0.15) is 0 Å². The molecule has 208 valence electrons. The second kappa shape index (κ2) is 12.1. The van der Waals surface area contributed by atoms with Crippen LogP contribution in [0.4, 0.5) is 20.3 Å². The number of ether oxygens (including phenoxy) is 1. The Kier molecular flexibility index (Phi) is 8.83. The lowest BCUT2D eigenvalue weighted by Gasteiger charge is -2.34. The van der Waals surface area contributed by atoms with Crippen LogP contribution >= 0.6 is 11.6 Å². The Bertz CT molecular complexity index is 1470. The van der Waals surface area contributed by atoms with Crippen LogP contribution < -0.4 is 15.2 Å². The second-order valence-electron chi connectivity index (χ2n) is 8.91. The van der Waals surface area contributed by atoms with Crippen LogP contribution in [0.5, 0.6) is 5.88 Å². The first-order valence-corrected chi connectivity index (χ1v) is 14.0. The van der Waals surface area contributed by atoms with Crippen LogP contribution in [-0.4, -0.2) is 72.6 Å². The number of rotatable bonds is 9. The standard InChI is InChI=1S/C25H27ClF2N6O4S/c1-16(35)34-9-7-33(8-10-34)11-12-39(36,37)32-18-4-2-3-17(13-18)22-14-30-24(29)25(31-22)38-15-19-20(27)5-6-21(28)23(19)26/h2-6,13-14,32H,7-12,15H2,1H3,(H2,29,30). The number of amides is 1. The van der Waals surface area contributed by atoms with Crippen LogP contribution in [0.15, 0.2) is 42.6 Å². The van der Waals surface area contributed by atoms with Crippen molar-refractivity contribution in [1.29, 1.82) is 0 Å². The molecule has 4 rings (SSSR count). The van der Waals surface area contributed by atoms with E-state index in [1.54, 1.807) is 29.2 Å².